The molecule has 1 heterocycles. The van der Waals surface area contributed by atoms with E-state index in [0.717, 1.165) is 0 Å². The van der Waals surface area contributed by atoms with Crippen LogP contribution in [-0.4, -0.2) is 35.5 Å². The number of nitrogens with zero attached hydrogens (tertiary/aromatic N) is 1. The van der Waals surface area contributed by atoms with E-state index in [2.05, 4.69) is 0 Å². The minimum absolute atomic E-state index is 0.342. The quantitative estimate of drug-likeness (QED) is 0.532. The maximum Gasteiger partial charge on any atom is 0.308 e. The van der Waals surface area contributed by atoms with Crippen LogP contribution in [0.3, 0.4) is 0 Å². The van der Waals surface area contributed by atoms with Gasteiger partial charge in [0.2, 0.25) is 6.41 Å². The van der Waals surface area contributed by atoms with Gasteiger partial charge in [0.25, 0.3) is 0 Å². The topological polar surface area (TPSA) is 57.6 Å². The highest BCUT2D eigenvalue weighted by molar-refractivity contribution is 5.71. The molecule has 0 unspecified atom stereocenters. The summed E-state index contributed by atoms with van der Waals surface area (Å²) in [7, 11) is 0. The zero-order chi connectivity index (χ0) is 7.56. The fourth-order valence-electron chi connectivity index (χ4n) is 1.08. The lowest BCUT2D eigenvalue weighted by molar-refractivity contribution is -0.141. The summed E-state index contributed by atoms with van der Waals surface area (Å²) in [6.07, 6.45) is 1.29. The van der Waals surface area contributed by atoms with Crippen LogP contribution in [0.1, 0.15) is 6.42 Å². The van der Waals surface area contributed by atoms with Crippen molar-refractivity contribution in [3.63, 3.8) is 0 Å². The molecule has 1 amide bonds. The number of carbonyl (C=O) groups is 2. The molecule has 1 aliphatic heterocycles. The van der Waals surface area contributed by atoms with Gasteiger partial charge >= 0.3 is 5.97 Å². The van der Waals surface area contributed by atoms with Gasteiger partial charge in [-0.1, -0.05) is 0 Å². The van der Waals surface area contributed by atoms with Gasteiger partial charge in [-0.15, -0.1) is 0 Å². The highest BCUT2D eigenvalue weighted by atomic mass is 16.4. The number of carboxylic acids is 1. The second kappa shape index (κ2) is 2.68. The number of hydrogen-bond donors (Lipinski definition) is 1. The summed E-state index contributed by atoms with van der Waals surface area (Å²) >= 11 is 0. The number of rotatable bonds is 2. The van der Waals surface area contributed by atoms with Crippen LogP contribution in [0.15, 0.2) is 0 Å². The molecule has 0 saturated carbocycles. The van der Waals surface area contributed by atoms with E-state index in [4.69, 9.17) is 5.11 Å². The van der Waals surface area contributed by atoms with E-state index in [1.807, 2.05) is 0 Å². The predicted octanol–water partition coefficient (Wildman–Crippen LogP) is -0.451. The summed E-state index contributed by atoms with van der Waals surface area (Å²) in [6.45, 7) is 0.958. The molecule has 1 aliphatic rings. The summed E-state index contributed by atoms with van der Waals surface area (Å²) < 4.78 is 0. The number of amides is 1. The minimum atomic E-state index is -0.802. The van der Waals surface area contributed by atoms with Gasteiger partial charge in [-0.05, 0) is 6.42 Å². The first-order chi connectivity index (χ1) is 4.74. The average Bonchev–Trinajstić information content (AvgIpc) is 2.34. The van der Waals surface area contributed by atoms with Crippen molar-refractivity contribution in [2.45, 2.75) is 6.42 Å². The first-order valence-corrected chi connectivity index (χ1v) is 3.16. The Morgan fingerprint density at radius 3 is 2.70 bits per heavy atom. The van der Waals surface area contributed by atoms with Crippen molar-refractivity contribution in [2.24, 2.45) is 5.92 Å². The molecule has 1 saturated heterocycles. The molecular weight excluding hydrogens is 134 g/mol. The van der Waals surface area contributed by atoms with Crippen LogP contribution in [0.2, 0.25) is 0 Å². The van der Waals surface area contributed by atoms with Crippen LogP contribution >= 0.6 is 0 Å². The van der Waals surface area contributed by atoms with Crippen LogP contribution in [0.25, 0.3) is 0 Å². The molecule has 0 spiro atoms. The van der Waals surface area contributed by atoms with Crippen molar-refractivity contribution in [1.82, 2.24) is 4.90 Å². The summed E-state index contributed by atoms with van der Waals surface area (Å²) in [4.78, 5) is 21.9. The lowest BCUT2D eigenvalue weighted by atomic mass is 10.1. The van der Waals surface area contributed by atoms with E-state index in [0.29, 0.717) is 25.9 Å². The van der Waals surface area contributed by atoms with Crippen molar-refractivity contribution < 1.29 is 14.7 Å². The largest absolute Gasteiger partial charge is 0.481 e. The van der Waals surface area contributed by atoms with E-state index in [9.17, 15) is 9.59 Å². The van der Waals surface area contributed by atoms with Crippen LogP contribution in [0.5, 0.6) is 0 Å². The van der Waals surface area contributed by atoms with Gasteiger partial charge in [0.15, 0.2) is 0 Å². The smallest absolute Gasteiger partial charge is 0.308 e. The summed E-state index contributed by atoms with van der Waals surface area (Å²) in [6, 6.07) is 0. The maximum atomic E-state index is 10.3. The van der Waals surface area contributed by atoms with Crippen LogP contribution < -0.4 is 0 Å². The zero-order valence-electron chi connectivity index (χ0n) is 5.49. The van der Waals surface area contributed by atoms with Crippen LogP contribution in [0, 0.1) is 5.92 Å². The standard InChI is InChI=1S/C6H9NO3/c8-4-7-2-1-5(3-7)6(9)10/h4-5H,1-3H2,(H,9,10)/t5-/m1/s1. The SMILES string of the molecule is O=CN1CC[C@@H](C(=O)O)C1. The van der Waals surface area contributed by atoms with Crippen molar-refractivity contribution in [3.05, 3.63) is 0 Å². The number of carbonyl (C=O) groups excluding carboxylic acids is 1. The third kappa shape index (κ3) is 1.26. The van der Waals surface area contributed by atoms with Crippen LogP contribution in [0.4, 0.5) is 0 Å². The van der Waals surface area contributed by atoms with Crippen molar-refractivity contribution in [2.75, 3.05) is 13.1 Å². The molecule has 0 radical (unpaired) electrons. The number of likely N-dealkylation sites (tertiary alicyclic amines) is 1. The Bertz CT molecular complexity index is 157. The molecule has 4 heteroatoms. The van der Waals surface area contributed by atoms with Gasteiger partial charge in [0, 0.05) is 13.1 Å². The molecule has 1 rings (SSSR count). The molecule has 56 valence electrons. The Hall–Kier alpha value is -1.06. The second-order valence-electron chi connectivity index (χ2n) is 2.42. The highest BCUT2D eigenvalue weighted by Gasteiger charge is 2.26. The minimum Gasteiger partial charge on any atom is -0.481 e. The Kier molecular flexibility index (Phi) is 1.89. The third-order valence-electron chi connectivity index (χ3n) is 1.72. The second-order valence-corrected chi connectivity index (χ2v) is 2.42. The molecule has 10 heavy (non-hydrogen) atoms. The van der Waals surface area contributed by atoms with Gasteiger partial charge in [0.1, 0.15) is 0 Å². The monoisotopic (exact) mass is 143 g/mol. The van der Waals surface area contributed by atoms with E-state index in [1.165, 1.54) is 4.90 Å². The normalized spacial score (nSPS) is 24.8. The molecule has 0 aromatic rings. The Labute approximate surface area is 58.4 Å². The van der Waals surface area contributed by atoms with Gasteiger partial charge in [-0.25, -0.2) is 0 Å². The summed E-state index contributed by atoms with van der Waals surface area (Å²) in [5.41, 5.74) is 0. The fraction of sp³-hybridized carbons (Fsp3) is 0.667. The first kappa shape index (κ1) is 7.05. The summed E-state index contributed by atoms with van der Waals surface area (Å²) in [5, 5.41) is 8.48. The number of carboxylic acid groups (broad SMARTS) is 1. The fourth-order valence-corrected chi connectivity index (χ4v) is 1.08. The van der Waals surface area contributed by atoms with Gasteiger partial charge in [-0.3, -0.25) is 9.59 Å². The van der Waals surface area contributed by atoms with E-state index < -0.39 is 5.97 Å². The van der Waals surface area contributed by atoms with Crippen LogP contribution in [-0.2, 0) is 9.59 Å². The van der Waals surface area contributed by atoms with Crippen molar-refractivity contribution in [3.8, 4) is 0 Å². The molecule has 4 nitrogen and oxygen atoms in total. The van der Waals surface area contributed by atoms with E-state index in [-0.39, 0.29) is 5.92 Å². The lowest BCUT2D eigenvalue weighted by Crippen LogP contribution is -2.21. The molecular formula is C6H9NO3. The highest BCUT2D eigenvalue weighted by Crippen LogP contribution is 2.13. The zero-order valence-corrected chi connectivity index (χ0v) is 5.49. The van der Waals surface area contributed by atoms with E-state index >= 15 is 0 Å². The van der Waals surface area contributed by atoms with Crippen molar-refractivity contribution in [1.29, 1.82) is 0 Å². The molecule has 1 N–H and O–H groups in total. The molecule has 0 aliphatic carbocycles. The van der Waals surface area contributed by atoms with E-state index in [1.54, 1.807) is 0 Å². The Balaban J connectivity index is 2.42. The Morgan fingerprint density at radius 1 is 1.70 bits per heavy atom. The van der Waals surface area contributed by atoms with Gasteiger partial charge in [0.05, 0.1) is 5.92 Å². The van der Waals surface area contributed by atoms with Crippen molar-refractivity contribution >= 4 is 12.4 Å². The lowest BCUT2D eigenvalue weighted by Gasteiger charge is -2.05. The Morgan fingerprint density at radius 2 is 2.40 bits per heavy atom. The molecule has 0 aromatic carbocycles. The predicted molar refractivity (Wildman–Crippen MR) is 33.4 cm³/mol. The number of aliphatic carboxylic acids is 1. The molecule has 1 fully saturated rings. The molecule has 1 atom stereocenters. The third-order valence-corrected chi connectivity index (χ3v) is 1.72. The van der Waals surface area contributed by atoms with Gasteiger partial charge in [-0.2, -0.15) is 0 Å². The maximum absolute atomic E-state index is 10.3. The average molecular weight is 143 g/mol. The number of hydrogen-bond acceptors (Lipinski definition) is 2. The first-order valence-electron chi connectivity index (χ1n) is 3.16. The molecule has 0 aromatic heterocycles. The summed E-state index contributed by atoms with van der Waals surface area (Å²) in [5.74, 6) is -1.14. The van der Waals surface area contributed by atoms with Gasteiger partial charge < -0.3 is 10.0 Å². The molecule has 0 bridgehead atoms.